The summed E-state index contributed by atoms with van der Waals surface area (Å²) in [4.78, 5) is 23.4. The van der Waals surface area contributed by atoms with E-state index in [1.54, 1.807) is 0 Å². The number of rotatable bonds is 2. The normalized spacial score (nSPS) is 19.6. The number of nitrogens with two attached hydrogens (primary N) is 1. The first kappa shape index (κ1) is 12.9. The molecule has 5 heteroatoms. The molecule has 0 saturated heterocycles. The van der Waals surface area contributed by atoms with Crippen LogP contribution >= 0.6 is 11.6 Å². The molecule has 2 N–H and O–H groups in total. The van der Waals surface area contributed by atoms with Gasteiger partial charge in [-0.3, -0.25) is 4.79 Å². The summed E-state index contributed by atoms with van der Waals surface area (Å²) in [6, 6.07) is 4.53. The number of halogens is 1. The van der Waals surface area contributed by atoms with Gasteiger partial charge in [-0.15, -0.1) is 0 Å². The highest BCUT2D eigenvalue weighted by Crippen LogP contribution is 2.22. The molecule has 96 valence electrons. The Morgan fingerprint density at radius 1 is 1.39 bits per heavy atom. The summed E-state index contributed by atoms with van der Waals surface area (Å²) < 4.78 is 5.20. The molecule has 1 fully saturated rings. The first-order chi connectivity index (χ1) is 8.58. The lowest BCUT2D eigenvalue weighted by Gasteiger charge is -2.20. The van der Waals surface area contributed by atoms with Gasteiger partial charge in [-0.1, -0.05) is 11.6 Å². The van der Waals surface area contributed by atoms with Crippen LogP contribution in [0.25, 0.3) is 0 Å². The molecule has 18 heavy (non-hydrogen) atoms. The smallest absolute Gasteiger partial charge is 0.338 e. The van der Waals surface area contributed by atoms with Gasteiger partial charge in [0.1, 0.15) is 0 Å². The highest BCUT2D eigenvalue weighted by Gasteiger charge is 2.26. The second-order valence-corrected chi connectivity index (χ2v) is 4.75. The molecule has 1 aliphatic rings. The van der Waals surface area contributed by atoms with Crippen molar-refractivity contribution in [1.82, 2.24) is 0 Å². The van der Waals surface area contributed by atoms with Crippen molar-refractivity contribution in [3.8, 4) is 0 Å². The van der Waals surface area contributed by atoms with Crippen LogP contribution in [0.2, 0.25) is 5.02 Å². The van der Waals surface area contributed by atoms with Crippen LogP contribution in [0.5, 0.6) is 0 Å². The van der Waals surface area contributed by atoms with Gasteiger partial charge in [0.2, 0.25) is 0 Å². The van der Waals surface area contributed by atoms with Crippen molar-refractivity contribution in [2.24, 2.45) is 0 Å². The maximum absolute atomic E-state index is 11.8. The van der Waals surface area contributed by atoms with Crippen LogP contribution in [0.1, 0.15) is 36.0 Å². The predicted octanol–water partition coefficient (Wildman–Crippen LogP) is 2.59. The van der Waals surface area contributed by atoms with E-state index in [1.807, 2.05) is 0 Å². The Hall–Kier alpha value is -1.55. The fourth-order valence-electron chi connectivity index (χ4n) is 1.94. The summed E-state index contributed by atoms with van der Waals surface area (Å²) in [5.41, 5.74) is 6.25. The van der Waals surface area contributed by atoms with Crippen LogP contribution in [0.15, 0.2) is 18.2 Å². The number of ether oxygens (including phenoxy) is 1. The van der Waals surface area contributed by atoms with Crippen molar-refractivity contribution in [2.75, 3.05) is 5.73 Å². The van der Waals surface area contributed by atoms with Gasteiger partial charge < -0.3 is 10.5 Å². The largest absolute Gasteiger partial charge is 0.451 e. The molecule has 1 aliphatic carbocycles. The fourth-order valence-corrected chi connectivity index (χ4v) is 2.06. The molecular weight excluding hydrogens is 254 g/mol. The minimum atomic E-state index is -0.608. The van der Waals surface area contributed by atoms with Crippen molar-refractivity contribution < 1.29 is 14.3 Å². The van der Waals surface area contributed by atoms with Gasteiger partial charge in [-0.25, -0.2) is 4.79 Å². The highest BCUT2D eigenvalue weighted by molar-refractivity contribution is 6.33. The lowest BCUT2D eigenvalue weighted by atomic mass is 9.96. The number of esters is 1. The Bertz CT molecular complexity index is 487. The molecule has 0 aliphatic heterocycles. The number of hydrogen-bond acceptors (Lipinski definition) is 4. The van der Waals surface area contributed by atoms with Crippen LogP contribution in [0.4, 0.5) is 5.69 Å². The summed E-state index contributed by atoms with van der Waals surface area (Å²) in [5, 5.41) is 0.389. The van der Waals surface area contributed by atoms with Gasteiger partial charge in [0.25, 0.3) is 0 Å². The summed E-state index contributed by atoms with van der Waals surface area (Å²) in [7, 11) is 0. The molecule has 1 saturated carbocycles. The van der Waals surface area contributed by atoms with E-state index in [1.165, 1.54) is 18.2 Å². The Kier molecular flexibility index (Phi) is 3.87. The summed E-state index contributed by atoms with van der Waals surface area (Å²) in [6.07, 6.45) is 2.27. The Labute approximate surface area is 110 Å². The molecule has 0 heterocycles. The number of hydrogen-bond donors (Lipinski definition) is 1. The average Bonchev–Trinajstić information content (AvgIpc) is 2.35. The third kappa shape index (κ3) is 2.82. The molecule has 0 spiro atoms. The number of ketones is 1. The number of Topliss-reactive ketones (excluding diaryl/α,β-unsaturated/α-hetero) is 1. The van der Waals surface area contributed by atoms with Crippen LogP contribution in [0.3, 0.4) is 0 Å². The lowest BCUT2D eigenvalue weighted by molar-refractivity contribution is -0.129. The van der Waals surface area contributed by atoms with Gasteiger partial charge in [-0.05, 0) is 37.5 Å². The second-order valence-electron chi connectivity index (χ2n) is 4.34. The molecule has 0 radical (unpaired) electrons. The Balaban J connectivity index is 2.07. The van der Waals surface area contributed by atoms with E-state index in [9.17, 15) is 9.59 Å². The highest BCUT2D eigenvalue weighted by atomic mass is 35.5. The van der Waals surface area contributed by atoms with Gasteiger partial charge >= 0.3 is 5.97 Å². The van der Waals surface area contributed by atoms with Crippen molar-refractivity contribution in [3.63, 3.8) is 0 Å². The molecule has 2 rings (SSSR count). The molecule has 4 nitrogen and oxygen atoms in total. The quantitative estimate of drug-likeness (QED) is 0.660. The van der Waals surface area contributed by atoms with Crippen LogP contribution in [-0.2, 0) is 9.53 Å². The maximum Gasteiger partial charge on any atom is 0.338 e. The van der Waals surface area contributed by atoms with E-state index in [-0.39, 0.29) is 5.78 Å². The minimum absolute atomic E-state index is 0.00321. The van der Waals surface area contributed by atoms with Crippen LogP contribution in [0, 0.1) is 0 Å². The predicted molar refractivity (Wildman–Crippen MR) is 68.5 cm³/mol. The molecule has 0 bridgehead atoms. The monoisotopic (exact) mass is 267 g/mol. The fraction of sp³-hybridized carbons (Fsp3) is 0.385. The van der Waals surface area contributed by atoms with E-state index in [0.29, 0.717) is 29.1 Å². The van der Waals surface area contributed by atoms with Crippen molar-refractivity contribution in [3.05, 3.63) is 28.8 Å². The topological polar surface area (TPSA) is 69.4 Å². The molecule has 1 aromatic carbocycles. The molecule has 1 unspecified atom stereocenters. The zero-order valence-electron chi connectivity index (χ0n) is 9.82. The van der Waals surface area contributed by atoms with Gasteiger partial charge in [-0.2, -0.15) is 0 Å². The zero-order chi connectivity index (χ0) is 13.1. The third-order valence-electron chi connectivity index (χ3n) is 2.98. The van der Waals surface area contributed by atoms with Gasteiger partial charge in [0.05, 0.1) is 16.3 Å². The van der Waals surface area contributed by atoms with E-state index < -0.39 is 12.1 Å². The standard InChI is InChI=1S/C13H14ClNO3/c14-9-6-5-8(7-10(9)15)13(17)18-12-4-2-1-3-11(12)16/h5-7,12H,1-4,15H2. The SMILES string of the molecule is Nc1cc(C(=O)OC2CCCCC2=O)ccc1Cl. The van der Waals surface area contributed by atoms with Gasteiger partial charge in [0.15, 0.2) is 11.9 Å². The summed E-state index contributed by atoms with van der Waals surface area (Å²) in [6.45, 7) is 0. The number of carbonyl (C=O) groups is 2. The number of benzene rings is 1. The van der Waals surface area contributed by atoms with Crippen LogP contribution < -0.4 is 5.73 Å². The minimum Gasteiger partial charge on any atom is -0.451 e. The Morgan fingerprint density at radius 2 is 2.17 bits per heavy atom. The van der Waals surface area contributed by atoms with E-state index in [2.05, 4.69) is 0 Å². The summed E-state index contributed by atoms with van der Waals surface area (Å²) >= 11 is 5.77. The Morgan fingerprint density at radius 3 is 2.83 bits per heavy atom. The first-order valence-electron chi connectivity index (χ1n) is 5.86. The van der Waals surface area contributed by atoms with Gasteiger partial charge in [0, 0.05) is 6.42 Å². The number of carbonyl (C=O) groups excluding carboxylic acids is 2. The van der Waals surface area contributed by atoms with E-state index in [4.69, 9.17) is 22.1 Å². The number of anilines is 1. The van der Waals surface area contributed by atoms with E-state index in [0.717, 1.165) is 12.8 Å². The van der Waals surface area contributed by atoms with Crippen LogP contribution in [-0.4, -0.2) is 17.9 Å². The number of nitrogen functional groups attached to an aromatic ring is 1. The molecule has 0 amide bonds. The molecule has 1 atom stereocenters. The van der Waals surface area contributed by atoms with Crippen molar-refractivity contribution in [2.45, 2.75) is 31.8 Å². The molecule has 1 aromatic rings. The molecule has 0 aromatic heterocycles. The van der Waals surface area contributed by atoms with Crippen molar-refractivity contribution in [1.29, 1.82) is 0 Å². The summed E-state index contributed by atoms with van der Waals surface area (Å²) in [5.74, 6) is -0.532. The first-order valence-corrected chi connectivity index (χ1v) is 6.24. The maximum atomic E-state index is 11.8. The zero-order valence-corrected chi connectivity index (χ0v) is 10.6. The third-order valence-corrected chi connectivity index (χ3v) is 3.32. The van der Waals surface area contributed by atoms with E-state index >= 15 is 0 Å². The molecular formula is C13H14ClNO3. The average molecular weight is 268 g/mol. The lowest BCUT2D eigenvalue weighted by Crippen LogP contribution is -2.30. The second kappa shape index (κ2) is 5.40. The van der Waals surface area contributed by atoms with Crippen molar-refractivity contribution >= 4 is 29.0 Å².